The van der Waals surface area contributed by atoms with Crippen LogP contribution in [-0.4, -0.2) is 62.8 Å². The fourth-order valence-electron chi connectivity index (χ4n) is 3.20. The summed E-state index contributed by atoms with van der Waals surface area (Å²) in [4.78, 5) is 9.11. The van der Waals surface area contributed by atoms with Gasteiger partial charge >= 0.3 is 0 Å². The number of aromatic nitrogens is 4. The first kappa shape index (κ1) is 17.6. The van der Waals surface area contributed by atoms with Crippen LogP contribution in [0.5, 0.6) is 11.6 Å². The van der Waals surface area contributed by atoms with Crippen molar-refractivity contribution in [3.63, 3.8) is 0 Å². The molecule has 0 N–H and O–H groups in total. The molecule has 1 aliphatic heterocycles. The van der Waals surface area contributed by atoms with Gasteiger partial charge in [0.25, 0.3) is 0 Å². The lowest BCUT2D eigenvalue weighted by molar-refractivity contribution is 0.147. The van der Waals surface area contributed by atoms with Gasteiger partial charge in [0.15, 0.2) is 5.82 Å². The van der Waals surface area contributed by atoms with E-state index in [1.807, 2.05) is 48.1 Å². The van der Waals surface area contributed by atoms with Crippen LogP contribution >= 0.6 is 0 Å². The van der Waals surface area contributed by atoms with Crippen molar-refractivity contribution in [1.29, 1.82) is 0 Å². The standard InChI is InChI=1S/C20H24N6O/c1-24-11-13-26(14-12-24)15-16-5-3-4-6-18(16)27-19-8-7-17(22-23-19)20-21-9-10-25(20)2/h3-10H,11-15H2,1-2H3. The summed E-state index contributed by atoms with van der Waals surface area (Å²) >= 11 is 0. The molecule has 1 fully saturated rings. The third-order valence-electron chi connectivity index (χ3n) is 4.87. The Morgan fingerprint density at radius 1 is 0.963 bits per heavy atom. The Morgan fingerprint density at radius 3 is 2.48 bits per heavy atom. The van der Waals surface area contributed by atoms with Crippen LogP contribution < -0.4 is 4.74 Å². The number of hydrogen-bond donors (Lipinski definition) is 0. The van der Waals surface area contributed by atoms with Crippen LogP contribution in [0.4, 0.5) is 0 Å². The van der Waals surface area contributed by atoms with E-state index in [1.54, 1.807) is 6.20 Å². The molecule has 0 saturated carbocycles. The minimum atomic E-state index is 0.485. The Hall–Kier alpha value is -2.77. The maximum absolute atomic E-state index is 6.04. The van der Waals surface area contributed by atoms with Crippen molar-refractivity contribution >= 4 is 0 Å². The average molecular weight is 364 g/mol. The molecule has 7 nitrogen and oxygen atoms in total. The molecule has 0 atom stereocenters. The lowest BCUT2D eigenvalue weighted by Crippen LogP contribution is -2.43. The fourth-order valence-corrected chi connectivity index (χ4v) is 3.20. The topological polar surface area (TPSA) is 59.3 Å². The van der Waals surface area contributed by atoms with Crippen LogP contribution in [0.15, 0.2) is 48.8 Å². The zero-order valence-electron chi connectivity index (χ0n) is 15.7. The molecular formula is C20H24N6O. The van der Waals surface area contributed by atoms with Gasteiger partial charge in [0.1, 0.15) is 11.4 Å². The first-order valence-electron chi connectivity index (χ1n) is 9.17. The number of para-hydroxylation sites is 1. The minimum Gasteiger partial charge on any atom is -0.437 e. The van der Waals surface area contributed by atoms with Gasteiger partial charge in [0.05, 0.1) is 0 Å². The summed E-state index contributed by atoms with van der Waals surface area (Å²) in [6, 6.07) is 11.9. The number of imidazole rings is 1. The Balaban J connectivity index is 1.47. The number of benzene rings is 1. The monoisotopic (exact) mass is 364 g/mol. The van der Waals surface area contributed by atoms with Gasteiger partial charge in [-0.05, 0) is 19.2 Å². The van der Waals surface area contributed by atoms with Crippen molar-refractivity contribution in [2.75, 3.05) is 33.2 Å². The number of ether oxygens (including phenoxy) is 1. The van der Waals surface area contributed by atoms with Gasteiger partial charge < -0.3 is 14.2 Å². The van der Waals surface area contributed by atoms with Gasteiger partial charge in [-0.1, -0.05) is 18.2 Å². The SMILES string of the molecule is CN1CCN(Cc2ccccc2Oc2ccc(-c3nccn3C)nn2)CC1. The maximum atomic E-state index is 6.04. The second-order valence-electron chi connectivity index (χ2n) is 6.91. The van der Waals surface area contributed by atoms with Crippen molar-refractivity contribution in [1.82, 2.24) is 29.5 Å². The highest BCUT2D eigenvalue weighted by Gasteiger charge is 2.16. The van der Waals surface area contributed by atoms with Gasteiger partial charge in [-0.25, -0.2) is 4.98 Å². The molecule has 0 unspecified atom stereocenters. The quantitative estimate of drug-likeness (QED) is 0.693. The summed E-state index contributed by atoms with van der Waals surface area (Å²) in [5.41, 5.74) is 1.89. The molecule has 0 radical (unpaired) electrons. The molecule has 3 heterocycles. The molecule has 27 heavy (non-hydrogen) atoms. The van der Waals surface area contributed by atoms with E-state index in [1.165, 1.54) is 0 Å². The smallest absolute Gasteiger partial charge is 0.238 e. The summed E-state index contributed by atoms with van der Waals surface area (Å²) < 4.78 is 7.95. The van der Waals surface area contributed by atoms with Crippen LogP contribution in [0.1, 0.15) is 5.56 Å². The molecular weight excluding hydrogens is 340 g/mol. The molecule has 0 spiro atoms. The summed E-state index contributed by atoms with van der Waals surface area (Å²) in [7, 11) is 4.10. The molecule has 0 aliphatic carbocycles. The van der Waals surface area contributed by atoms with Crippen molar-refractivity contribution in [3.8, 4) is 23.1 Å². The Labute approximate surface area is 159 Å². The largest absolute Gasteiger partial charge is 0.437 e. The number of likely N-dealkylation sites (N-methyl/N-ethyl adjacent to an activating group) is 1. The van der Waals surface area contributed by atoms with Crippen molar-refractivity contribution < 1.29 is 4.74 Å². The molecule has 0 bridgehead atoms. The minimum absolute atomic E-state index is 0.485. The molecule has 7 heteroatoms. The number of rotatable bonds is 5. The van der Waals surface area contributed by atoms with E-state index in [4.69, 9.17) is 4.74 Å². The number of piperazine rings is 1. The van der Waals surface area contributed by atoms with E-state index in [0.29, 0.717) is 5.88 Å². The summed E-state index contributed by atoms with van der Waals surface area (Å²) in [5, 5.41) is 8.48. The molecule has 2 aromatic heterocycles. The Bertz CT molecular complexity index is 883. The molecule has 4 rings (SSSR count). The molecule has 0 amide bonds. The lowest BCUT2D eigenvalue weighted by atomic mass is 10.1. The number of aryl methyl sites for hydroxylation is 1. The van der Waals surface area contributed by atoms with E-state index >= 15 is 0 Å². The molecule has 1 aliphatic rings. The maximum Gasteiger partial charge on any atom is 0.238 e. The van der Waals surface area contributed by atoms with Crippen molar-refractivity contribution in [2.45, 2.75) is 6.54 Å². The van der Waals surface area contributed by atoms with Gasteiger partial charge in [0, 0.05) is 63.8 Å². The second-order valence-corrected chi connectivity index (χ2v) is 6.91. The fraction of sp³-hybridized carbons (Fsp3) is 0.350. The second kappa shape index (κ2) is 7.85. The molecule has 140 valence electrons. The van der Waals surface area contributed by atoms with Crippen LogP contribution in [0.3, 0.4) is 0 Å². The highest BCUT2D eigenvalue weighted by molar-refractivity contribution is 5.49. The van der Waals surface area contributed by atoms with Crippen molar-refractivity contribution in [2.24, 2.45) is 7.05 Å². The Kier molecular flexibility index (Phi) is 5.13. The molecule has 3 aromatic rings. The van der Waals surface area contributed by atoms with Crippen LogP contribution in [0, 0.1) is 0 Å². The van der Waals surface area contributed by atoms with Gasteiger partial charge in [0.2, 0.25) is 5.88 Å². The number of hydrogen-bond acceptors (Lipinski definition) is 6. The van der Waals surface area contributed by atoms with Crippen LogP contribution in [-0.2, 0) is 13.6 Å². The van der Waals surface area contributed by atoms with E-state index in [-0.39, 0.29) is 0 Å². The highest BCUT2D eigenvalue weighted by atomic mass is 16.5. The first-order valence-corrected chi connectivity index (χ1v) is 9.17. The predicted octanol–water partition coefficient (Wildman–Crippen LogP) is 2.42. The summed E-state index contributed by atoms with van der Waals surface area (Å²) in [6.07, 6.45) is 3.63. The average Bonchev–Trinajstić information content (AvgIpc) is 3.12. The van der Waals surface area contributed by atoms with E-state index in [0.717, 1.165) is 55.6 Å². The lowest BCUT2D eigenvalue weighted by Gasteiger charge is -2.32. The van der Waals surface area contributed by atoms with Crippen molar-refractivity contribution in [3.05, 3.63) is 54.4 Å². The third kappa shape index (κ3) is 4.15. The normalized spacial score (nSPS) is 15.8. The summed E-state index contributed by atoms with van der Waals surface area (Å²) in [6.45, 7) is 5.22. The van der Waals surface area contributed by atoms with E-state index < -0.39 is 0 Å². The highest BCUT2D eigenvalue weighted by Crippen LogP contribution is 2.26. The van der Waals surface area contributed by atoms with Crippen LogP contribution in [0.25, 0.3) is 11.5 Å². The molecule has 1 aromatic carbocycles. The van der Waals surface area contributed by atoms with E-state index in [9.17, 15) is 0 Å². The Morgan fingerprint density at radius 2 is 1.78 bits per heavy atom. The van der Waals surface area contributed by atoms with Crippen LogP contribution in [0.2, 0.25) is 0 Å². The summed E-state index contributed by atoms with van der Waals surface area (Å²) in [5.74, 6) is 2.10. The first-order chi connectivity index (χ1) is 13.2. The predicted molar refractivity (Wildman–Crippen MR) is 104 cm³/mol. The van der Waals surface area contributed by atoms with E-state index in [2.05, 4.69) is 38.1 Å². The van der Waals surface area contributed by atoms with Gasteiger partial charge in [-0.2, -0.15) is 0 Å². The van der Waals surface area contributed by atoms with Gasteiger partial charge in [-0.15, -0.1) is 10.2 Å². The zero-order valence-corrected chi connectivity index (χ0v) is 15.7. The van der Waals surface area contributed by atoms with Gasteiger partial charge in [-0.3, -0.25) is 4.90 Å². The molecule has 1 saturated heterocycles. The number of nitrogens with zero attached hydrogens (tertiary/aromatic N) is 6. The zero-order chi connectivity index (χ0) is 18.6. The third-order valence-corrected chi connectivity index (χ3v) is 4.87.